The molecule has 3 heterocycles. The van der Waals surface area contributed by atoms with Crippen molar-refractivity contribution in [3.63, 3.8) is 0 Å². The quantitative estimate of drug-likeness (QED) is 0.455. The standard InChI is InChI=1S/C25H21FN4O3/c1-29-16-18(14-28-29)23-13-21(7-8-27-23)33-20-5-6-24-22(12-20)25(31)30(9-10-32-24)15-17-3-2-4-19(26)11-17/h2-8,11-14,16H,9-10,15H2,1H3. The first-order valence-electron chi connectivity index (χ1n) is 10.5. The van der Waals surface area contributed by atoms with Crippen LogP contribution < -0.4 is 9.47 Å². The number of ether oxygens (including phenoxy) is 2. The van der Waals surface area contributed by atoms with Gasteiger partial charge in [-0.25, -0.2) is 4.39 Å². The summed E-state index contributed by atoms with van der Waals surface area (Å²) in [6.45, 7) is 1.05. The Bertz CT molecular complexity index is 1320. The van der Waals surface area contributed by atoms with Crippen LogP contribution in [-0.2, 0) is 13.6 Å². The Balaban J connectivity index is 1.38. The van der Waals surface area contributed by atoms with E-state index in [0.29, 0.717) is 42.5 Å². The molecular weight excluding hydrogens is 423 g/mol. The lowest BCUT2D eigenvalue weighted by Crippen LogP contribution is -2.31. The molecule has 0 aliphatic carbocycles. The first-order valence-corrected chi connectivity index (χ1v) is 10.5. The molecule has 33 heavy (non-hydrogen) atoms. The van der Waals surface area contributed by atoms with Crippen LogP contribution in [0, 0.1) is 5.82 Å². The van der Waals surface area contributed by atoms with Gasteiger partial charge in [-0.3, -0.25) is 14.5 Å². The molecule has 0 atom stereocenters. The first kappa shape index (κ1) is 20.7. The average Bonchev–Trinajstić information content (AvgIpc) is 3.19. The predicted molar refractivity (Wildman–Crippen MR) is 120 cm³/mol. The molecule has 7 nitrogen and oxygen atoms in total. The third kappa shape index (κ3) is 4.55. The number of carbonyl (C=O) groups is 1. The maximum absolute atomic E-state index is 13.6. The summed E-state index contributed by atoms with van der Waals surface area (Å²) in [5.41, 5.74) is 2.74. The fourth-order valence-corrected chi connectivity index (χ4v) is 3.73. The van der Waals surface area contributed by atoms with Gasteiger partial charge in [-0.2, -0.15) is 5.10 Å². The molecule has 0 bridgehead atoms. The summed E-state index contributed by atoms with van der Waals surface area (Å²) in [6, 6.07) is 15.0. The average molecular weight is 444 g/mol. The van der Waals surface area contributed by atoms with Gasteiger partial charge in [0.25, 0.3) is 5.91 Å². The molecule has 1 amide bonds. The Morgan fingerprint density at radius 2 is 2.00 bits per heavy atom. The van der Waals surface area contributed by atoms with Crippen LogP contribution in [-0.4, -0.2) is 38.7 Å². The minimum Gasteiger partial charge on any atom is -0.491 e. The number of aromatic nitrogens is 3. The van der Waals surface area contributed by atoms with Crippen molar-refractivity contribution < 1.29 is 18.7 Å². The summed E-state index contributed by atoms with van der Waals surface area (Å²) >= 11 is 0. The Labute approximate surface area is 190 Å². The normalized spacial score (nSPS) is 13.3. The molecule has 5 rings (SSSR count). The minimum absolute atomic E-state index is 0.192. The number of benzene rings is 2. The lowest BCUT2D eigenvalue weighted by molar-refractivity contribution is 0.0742. The number of hydrogen-bond donors (Lipinski definition) is 0. The zero-order valence-electron chi connectivity index (χ0n) is 17.9. The maximum atomic E-state index is 13.6. The summed E-state index contributed by atoms with van der Waals surface area (Å²) in [6.07, 6.45) is 5.27. The lowest BCUT2D eigenvalue weighted by atomic mass is 10.1. The molecule has 2 aromatic carbocycles. The molecule has 0 N–H and O–H groups in total. The fraction of sp³-hybridized carbons (Fsp3) is 0.160. The molecule has 1 aliphatic heterocycles. The monoisotopic (exact) mass is 444 g/mol. The summed E-state index contributed by atoms with van der Waals surface area (Å²) in [5.74, 6) is 1.07. The molecule has 0 saturated heterocycles. The second-order valence-electron chi connectivity index (χ2n) is 7.74. The number of halogens is 1. The molecule has 1 aliphatic rings. The summed E-state index contributed by atoms with van der Waals surface area (Å²) < 4.78 is 27.1. The molecule has 0 fully saturated rings. The third-order valence-corrected chi connectivity index (χ3v) is 5.32. The van der Waals surface area contributed by atoms with Crippen LogP contribution in [0.1, 0.15) is 15.9 Å². The zero-order chi connectivity index (χ0) is 22.8. The Kier molecular flexibility index (Phi) is 5.48. The number of rotatable bonds is 5. The van der Waals surface area contributed by atoms with Crippen molar-refractivity contribution in [1.29, 1.82) is 0 Å². The predicted octanol–water partition coefficient (Wildman–Crippen LogP) is 4.45. The second-order valence-corrected chi connectivity index (χ2v) is 7.74. The molecule has 0 saturated carbocycles. The van der Waals surface area contributed by atoms with Crippen LogP contribution in [0.5, 0.6) is 17.2 Å². The first-order chi connectivity index (χ1) is 16.0. The van der Waals surface area contributed by atoms with E-state index in [1.54, 1.807) is 58.4 Å². The fourth-order valence-electron chi connectivity index (χ4n) is 3.73. The van der Waals surface area contributed by atoms with E-state index in [9.17, 15) is 9.18 Å². The van der Waals surface area contributed by atoms with Crippen LogP contribution in [0.2, 0.25) is 0 Å². The van der Waals surface area contributed by atoms with Crippen molar-refractivity contribution in [2.45, 2.75) is 6.54 Å². The maximum Gasteiger partial charge on any atom is 0.258 e. The molecular formula is C25H21FN4O3. The second kappa shape index (κ2) is 8.74. The Morgan fingerprint density at radius 1 is 1.12 bits per heavy atom. The van der Waals surface area contributed by atoms with Gasteiger partial charge in [0.2, 0.25) is 0 Å². The van der Waals surface area contributed by atoms with Crippen molar-refractivity contribution in [2.24, 2.45) is 7.05 Å². The van der Waals surface area contributed by atoms with Gasteiger partial charge in [0.05, 0.1) is 24.0 Å². The van der Waals surface area contributed by atoms with Gasteiger partial charge in [0.15, 0.2) is 0 Å². The molecule has 2 aromatic heterocycles. The third-order valence-electron chi connectivity index (χ3n) is 5.32. The van der Waals surface area contributed by atoms with Gasteiger partial charge in [0.1, 0.15) is 29.7 Å². The number of fused-ring (bicyclic) bond motifs is 1. The van der Waals surface area contributed by atoms with Gasteiger partial charge in [-0.15, -0.1) is 0 Å². The van der Waals surface area contributed by atoms with Gasteiger partial charge in [-0.1, -0.05) is 12.1 Å². The van der Waals surface area contributed by atoms with E-state index in [1.165, 1.54) is 12.1 Å². The van der Waals surface area contributed by atoms with Crippen molar-refractivity contribution in [1.82, 2.24) is 19.7 Å². The van der Waals surface area contributed by atoms with E-state index in [4.69, 9.17) is 9.47 Å². The highest BCUT2D eigenvalue weighted by Crippen LogP contribution is 2.31. The largest absolute Gasteiger partial charge is 0.491 e. The van der Waals surface area contributed by atoms with Gasteiger partial charge in [-0.05, 0) is 42.0 Å². The van der Waals surface area contributed by atoms with Crippen LogP contribution in [0.15, 0.2) is 73.2 Å². The van der Waals surface area contributed by atoms with Crippen LogP contribution in [0.4, 0.5) is 4.39 Å². The van der Waals surface area contributed by atoms with Crippen LogP contribution in [0.25, 0.3) is 11.3 Å². The molecule has 166 valence electrons. The molecule has 0 unspecified atom stereocenters. The molecule has 0 radical (unpaired) electrons. The number of nitrogens with zero attached hydrogens (tertiary/aromatic N) is 4. The Hall–Kier alpha value is -4.20. The summed E-state index contributed by atoms with van der Waals surface area (Å²) in [4.78, 5) is 19.3. The molecule has 8 heteroatoms. The van der Waals surface area contributed by atoms with Crippen molar-refractivity contribution >= 4 is 5.91 Å². The lowest BCUT2D eigenvalue weighted by Gasteiger charge is -2.20. The highest BCUT2D eigenvalue weighted by Gasteiger charge is 2.24. The van der Waals surface area contributed by atoms with E-state index in [1.807, 2.05) is 19.3 Å². The van der Waals surface area contributed by atoms with E-state index < -0.39 is 0 Å². The highest BCUT2D eigenvalue weighted by molar-refractivity contribution is 5.97. The van der Waals surface area contributed by atoms with Gasteiger partial charge in [0, 0.05) is 37.6 Å². The SMILES string of the molecule is Cn1cc(-c2cc(Oc3ccc4c(c3)C(=O)N(Cc3cccc(F)c3)CCO4)ccn2)cn1. The van der Waals surface area contributed by atoms with Crippen molar-refractivity contribution in [3.05, 3.63) is 90.1 Å². The summed E-state index contributed by atoms with van der Waals surface area (Å²) in [7, 11) is 1.84. The van der Waals surface area contributed by atoms with Gasteiger partial charge >= 0.3 is 0 Å². The van der Waals surface area contributed by atoms with E-state index in [2.05, 4.69) is 10.1 Å². The van der Waals surface area contributed by atoms with E-state index >= 15 is 0 Å². The van der Waals surface area contributed by atoms with Crippen LogP contribution >= 0.6 is 0 Å². The molecule has 4 aromatic rings. The number of carbonyl (C=O) groups excluding carboxylic acids is 1. The van der Waals surface area contributed by atoms with E-state index in [-0.39, 0.29) is 11.7 Å². The molecule has 0 spiro atoms. The number of hydrogen-bond acceptors (Lipinski definition) is 5. The topological polar surface area (TPSA) is 69.5 Å². The number of pyridine rings is 1. The van der Waals surface area contributed by atoms with Crippen molar-refractivity contribution in [3.8, 4) is 28.5 Å². The smallest absolute Gasteiger partial charge is 0.258 e. The van der Waals surface area contributed by atoms with E-state index in [0.717, 1.165) is 16.8 Å². The number of amides is 1. The zero-order valence-corrected chi connectivity index (χ0v) is 17.9. The minimum atomic E-state index is -0.329. The Morgan fingerprint density at radius 3 is 2.82 bits per heavy atom. The number of aryl methyl sites for hydroxylation is 1. The van der Waals surface area contributed by atoms with Crippen LogP contribution in [0.3, 0.4) is 0 Å². The highest BCUT2D eigenvalue weighted by atomic mass is 19.1. The van der Waals surface area contributed by atoms with Gasteiger partial charge < -0.3 is 14.4 Å². The summed E-state index contributed by atoms with van der Waals surface area (Å²) in [5, 5.41) is 4.17. The van der Waals surface area contributed by atoms with Crippen molar-refractivity contribution in [2.75, 3.05) is 13.2 Å².